The summed E-state index contributed by atoms with van der Waals surface area (Å²) in [6.45, 7) is 7.16. The highest BCUT2D eigenvalue weighted by Gasteiger charge is 2.11. The van der Waals surface area contributed by atoms with E-state index in [1.165, 1.54) is 0 Å². The van der Waals surface area contributed by atoms with Gasteiger partial charge in [-0.1, -0.05) is 20.8 Å². The van der Waals surface area contributed by atoms with Crippen LogP contribution in [0.1, 0.15) is 31.3 Å². The summed E-state index contributed by atoms with van der Waals surface area (Å²) in [5.41, 5.74) is 0.595. The lowest BCUT2D eigenvalue weighted by Crippen LogP contribution is -2.30. The Balaban J connectivity index is 2.43. The number of aromatic amines is 1. The molecule has 0 spiro atoms. The Bertz CT molecular complexity index is 333. The van der Waals surface area contributed by atoms with Gasteiger partial charge in [0.05, 0.1) is 0 Å². The molecule has 0 aliphatic carbocycles. The van der Waals surface area contributed by atoms with Gasteiger partial charge >= 0.3 is 0 Å². The molecule has 1 amide bonds. The number of hydrogen-bond acceptors (Lipinski definition) is 1. The minimum atomic E-state index is -0.0480. The van der Waals surface area contributed by atoms with Gasteiger partial charge < -0.3 is 10.3 Å². The molecule has 1 heterocycles. The Labute approximate surface area is 98.8 Å². The molecule has 0 fully saturated rings. The molecule has 0 aliphatic rings. The molecule has 1 atom stereocenters. The smallest absolute Gasteiger partial charge is 0.267 e. The maximum absolute atomic E-state index is 11.6. The van der Waals surface area contributed by atoms with Gasteiger partial charge in [0, 0.05) is 17.2 Å². The van der Waals surface area contributed by atoms with Gasteiger partial charge in [0.25, 0.3) is 5.91 Å². The van der Waals surface area contributed by atoms with Crippen molar-refractivity contribution >= 4 is 21.8 Å². The van der Waals surface area contributed by atoms with Crippen molar-refractivity contribution in [3.63, 3.8) is 0 Å². The van der Waals surface area contributed by atoms with E-state index in [-0.39, 0.29) is 5.91 Å². The molecule has 1 unspecified atom stereocenters. The Morgan fingerprint density at radius 1 is 1.53 bits per heavy atom. The highest BCUT2D eigenvalue weighted by Crippen LogP contribution is 2.11. The summed E-state index contributed by atoms with van der Waals surface area (Å²) in [4.78, 5) is 14.5. The number of carbonyl (C=O) groups excluding carboxylic acids is 1. The maximum atomic E-state index is 11.6. The van der Waals surface area contributed by atoms with Crippen LogP contribution >= 0.6 is 15.9 Å². The van der Waals surface area contributed by atoms with E-state index in [0.29, 0.717) is 24.1 Å². The zero-order valence-corrected chi connectivity index (χ0v) is 10.9. The third-order valence-corrected chi connectivity index (χ3v) is 3.07. The largest absolute Gasteiger partial charge is 0.356 e. The van der Waals surface area contributed by atoms with Gasteiger partial charge in [0.2, 0.25) is 0 Å². The van der Waals surface area contributed by atoms with Crippen LogP contribution in [0.5, 0.6) is 0 Å². The third kappa shape index (κ3) is 3.70. The Kier molecular flexibility index (Phi) is 4.39. The Morgan fingerprint density at radius 3 is 2.67 bits per heavy atom. The predicted octanol–water partition coefficient (Wildman–Crippen LogP) is 2.80. The molecule has 1 aromatic heterocycles. The van der Waals surface area contributed by atoms with Gasteiger partial charge in [-0.25, -0.2) is 0 Å². The van der Waals surface area contributed by atoms with Crippen LogP contribution in [0.2, 0.25) is 0 Å². The van der Waals surface area contributed by atoms with Crippen LogP contribution in [0.15, 0.2) is 16.7 Å². The first kappa shape index (κ1) is 12.3. The zero-order valence-electron chi connectivity index (χ0n) is 9.30. The zero-order chi connectivity index (χ0) is 11.4. The van der Waals surface area contributed by atoms with Gasteiger partial charge in [0.15, 0.2) is 0 Å². The molecule has 1 aromatic rings. The summed E-state index contributed by atoms with van der Waals surface area (Å²) in [7, 11) is 0. The standard InChI is InChI=1S/C11H17BrN2O/c1-7(2)8(3)5-14-11(15)10-4-9(12)6-13-10/h4,6-8,13H,5H2,1-3H3,(H,14,15). The summed E-state index contributed by atoms with van der Waals surface area (Å²) in [5, 5.41) is 2.90. The van der Waals surface area contributed by atoms with Crippen molar-refractivity contribution in [1.82, 2.24) is 10.3 Å². The van der Waals surface area contributed by atoms with E-state index in [2.05, 4.69) is 47.0 Å². The monoisotopic (exact) mass is 272 g/mol. The van der Waals surface area contributed by atoms with E-state index in [0.717, 1.165) is 4.47 Å². The van der Waals surface area contributed by atoms with Crippen LogP contribution in [0.4, 0.5) is 0 Å². The number of H-pyrrole nitrogens is 1. The number of aromatic nitrogens is 1. The van der Waals surface area contributed by atoms with Crippen molar-refractivity contribution in [2.45, 2.75) is 20.8 Å². The molecular formula is C11H17BrN2O. The first-order chi connectivity index (χ1) is 7.00. The molecule has 84 valence electrons. The fraction of sp³-hybridized carbons (Fsp3) is 0.545. The highest BCUT2D eigenvalue weighted by atomic mass is 79.9. The summed E-state index contributed by atoms with van der Waals surface area (Å²) in [5.74, 6) is 1.03. The quantitative estimate of drug-likeness (QED) is 0.870. The molecule has 2 N–H and O–H groups in total. The van der Waals surface area contributed by atoms with Gasteiger partial charge in [-0.3, -0.25) is 4.79 Å². The number of hydrogen-bond donors (Lipinski definition) is 2. The lowest BCUT2D eigenvalue weighted by atomic mass is 9.98. The normalized spacial score (nSPS) is 12.9. The van der Waals surface area contributed by atoms with Crippen LogP contribution in [0.3, 0.4) is 0 Å². The van der Waals surface area contributed by atoms with E-state index in [9.17, 15) is 4.79 Å². The lowest BCUT2D eigenvalue weighted by molar-refractivity contribution is 0.0940. The van der Waals surface area contributed by atoms with E-state index in [1.54, 1.807) is 12.3 Å². The van der Waals surface area contributed by atoms with Crippen molar-refractivity contribution in [3.8, 4) is 0 Å². The molecule has 15 heavy (non-hydrogen) atoms. The molecule has 3 nitrogen and oxygen atoms in total. The van der Waals surface area contributed by atoms with E-state index in [4.69, 9.17) is 0 Å². The van der Waals surface area contributed by atoms with Gasteiger partial charge in [-0.05, 0) is 33.8 Å². The van der Waals surface area contributed by atoms with Crippen molar-refractivity contribution in [3.05, 3.63) is 22.4 Å². The van der Waals surface area contributed by atoms with Crippen molar-refractivity contribution in [2.24, 2.45) is 11.8 Å². The first-order valence-electron chi connectivity index (χ1n) is 5.12. The lowest BCUT2D eigenvalue weighted by Gasteiger charge is -2.15. The molecule has 0 radical (unpaired) electrons. The average Bonchev–Trinajstić information content (AvgIpc) is 2.60. The van der Waals surface area contributed by atoms with Crippen LogP contribution in [-0.2, 0) is 0 Å². The van der Waals surface area contributed by atoms with E-state index >= 15 is 0 Å². The molecule has 0 aromatic carbocycles. The van der Waals surface area contributed by atoms with Gasteiger partial charge in [0.1, 0.15) is 5.69 Å². The third-order valence-electron chi connectivity index (χ3n) is 2.62. The highest BCUT2D eigenvalue weighted by molar-refractivity contribution is 9.10. The molecule has 0 bridgehead atoms. The summed E-state index contributed by atoms with van der Waals surface area (Å²) >= 11 is 3.29. The Morgan fingerprint density at radius 2 is 2.20 bits per heavy atom. The molecule has 0 saturated carbocycles. The van der Waals surface area contributed by atoms with Gasteiger partial charge in [-0.15, -0.1) is 0 Å². The number of carbonyl (C=O) groups is 1. The first-order valence-corrected chi connectivity index (χ1v) is 5.92. The number of nitrogens with one attached hydrogen (secondary N) is 2. The fourth-order valence-corrected chi connectivity index (χ4v) is 1.43. The SMILES string of the molecule is CC(C)C(C)CNC(=O)c1cc(Br)c[nH]1. The summed E-state index contributed by atoms with van der Waals surface area (Å²) in [6, 6.07) is 1.77. The van der Waals surface area contributed by atoms with Gasteiger partial charge in [-0.2, -0.15) is 0 Å². The van der Waals surface area contributed by atoms with Crippen molar-refractivity contribution in [2.75, 3.05) is 6.54 Å². The van der Waals surface area contributed by atoms with Crippen LogP contribution < -0.4 is 5.32 Å². The summed E-state index contributed by atoms with van der Waals surface area (Å²) < 4.78 is 0.893. The average molecular weight is 273 g/mol. The van der Waals surface area contributed by atoms with Crippen LogP contribution in [0.25, 0.3) is 0 Å². The second kappa shape index (κ2) is 5.35. The Hall–Kier alpha value is -0.770. The molecule has 0 saturated heterocycles. The summed E-state index contributed by atoms with van der Waals surface area (Å²) in [6.07, 6.45) is 1.75. The van der Waals surface area contributed by atoms with E-state index < -0.39 is 0 Å². The molecule has 0 aliphatic heterocycles. The molecule has 1 rings (SSSR count). The molecular weight excluding hydrogens is 256 g/mol. The van der Waals surface area contributed by atoms with Crippen LogP contribution in [0, 0.1) is 11.8 Å². The number of halogens is 1. The topological polar surface area (TPSA) is 44.9 Å². The van der Waals surface area contributed by atoms with Crippen molar-refractivity contribution < 1.29 is 4.79 Å². The minimum Gasteiger partial charge on any atom is -0.356 e. The minimum absolute atomic E-state index is 0.0480. The van der Waals surface area contributed by atoms with E-state index in [1.807, 2.05) is 0 Å². The van der Waals surface area contributed by atoms with Crippen LogP contribution in [-0.4, -0.2) is 17.4 Å². The number of amides is 1. The fourth-order valence-electron chi connectivity index (χ4n) is 1.08. The predicted molar refractivity (Wildman–Crippen MR) is 64.8 cm³/mol. The molecule has 4 heteroatoms. The maximum Gasteiger partial charge on any atom is 0.267 e. The van der Waals surface area contributed by atoms with Crippen molar-refractivity contribution in [1.29, 1.82) is 0 Å². The number of rotatable bonds is 4. The second-order valence-corrected chi connectivity index (χ2v) is 5.08. The second-order valence-electron chi connectivity index (χ2n) is 4.16.